The van der Waals surface area contributed by atoms with Crippen LogP contribution in [0.15, 0.2) is 55.1 Å². The van der Waals surface area contributed by atoms with Crippen LogP contribution in [0.2, 0.25) is 0 Å². The summed E-state index contributed by atoms with van der Waals surface area (Å²) in [6, 6.07) is 12.1. The van der Waals surface area contributed by atoms with E-state index in [1.807, 2.05) is 6.08 Å². The quantitative estimate of drug-likeness (QED) is 0.199. The Labute approximate surface area is 204 Å². The van der Waals surface area contributed by atoms with Crippen molar-refractivity contribution in [2.45, 2.75) is 89.9 Å². The molecule has 0 spiro atoms. The molecular weight excluding hydrogens is 426 g/mol. The second-order valence-corrected chi connectivity index (χ2v) is 9.48. The third kappa shape index (κ3) is 7.55. The first-order chi connectivity index (χ1) is 16.6. The molecule has 0 bridgehead atoms. The standard InChI is InChI=1S/C31H40F2O/c1-3-5-7-8-9-10-11-23-34-29-22-21-28(30(32)31(29)33)27-19-17-26(18-20-27)25-15-13-24(14-16-25)12-6-4-2/h4,13-16,19,21-22,26H,2-3,5-12,17-18,20,23H2,1H3. The van der Waals surface area contributed by atoms with Crippen LogP contribution in [0.3, 0.4) is 0 Å². The Morgan fingerprint density at radius 1 is 0.941 bits per heavy atom. The average Bonchev–Trinajstić information content (AvgIpc) is 2.87. The van der Waals surface area contributed by atoms with E-state index in [0.29, 0.717) is 18.1 Å². The normalized spacial score (nSPS) is 15.7. The minimum Gasteiger partial charge on any atom is -0.490 e. The van der Waals surface area contributed by atoms with Gasteiger partial charge in [0.1, 0.15) is 0 Å². The number of hydrogen-bond donors (Lipinski definition) is 0. The van der Waals surface area contributed by atoms with E-state index >= 15 is 0 Å². The Morgan fingerprint density at radius 2 is 1.68 bits per heavy atom. The molecule has 2 aromatic rings. The van der Waals surface area contributed by atoms with Crippen molar-refractivity contribution in [2.75, 3.05) is 6.61 Å². The number of halogens is 2. The van der Waals surface area contributed by atoms with E-state index in [-0.39, 0.29) is 5.75 Å². The smallest absolute Gasteiger partial charge is 0.201 e. The molecule has 1 nitrogen and oxygen atoms in total. The van der Waals surface area contributed by atoms with Gasteiger partial charge in [-0.25, -0.2) is 4.39 Å². The molecule has 0 heterocycles. The predicted molar refractivity (Wildman–Crippen MR) is 139 cm³/mol. The number of ether oxygens (including phenoxy) is 1. The second-order valence-electron chi connectivity index (χ2n) is 9.48. The van der Waals surface area contributed by atoms with Crippen LogP contribution in [0, 0.1) is 11.6 Å². The van der Waals surface area contributed by atoms with Gasteiger partial charge in [0.2, 0.25) is 5.82 Å². The fraction of sp³-hybridized carbons (Fsp3) is 0.484. The molecule has 0 saturated carbocycles. The minimum absolute atomic E-state index is 0.0260. The van der Waals surface area contributed by atoms with E-state index in [1.165, 1.54) is 43.2 Å². The molecule has 0 amide bonds. The van der Waals surface area contributed by atoms with E-state index in [2.05, 4.69) is 43.8 Å². The molecule has 0 aliphatic heterocycles. The van der Waals surface area contributed by atoms with Crippen LogP contribution in [-0.2, 0) is 6.42 Å². The molecule has 3 heteroatoms. The summed E-state index contributed by atoms with van der Waals surface area (Å²) in [6.45, 7) is 6.42. The predicted octanol–water partition coefficient (Wildman–Crippen LogP) is 9.56. The van der Waals surface area contributed by atoms with Crippen molar-refractivity contribution in [1.82, 2.24) is 0 Å². The molecule has 34 heavy (non-hydrogen) atoms. The van der Waals surface area contributed by atoms with Crippen molar-refractivity contribution in [3.63, 3.8) is 0 Å². The van der Waals surface area contributed by atoms with E-state index in [1.54, 1.807) is 12.1 Å². The summed E-state index contributed by atoms with van der Waals surface area (Å²) in [6.07, 6.45) is 16.7. The third-order valence-corrected chi connectivity index (χ3v) is 6.90. The Kier molecular flexibility index (Phi) is 10.9. The van der Waals surface area contributed by atoms with Crippen LogP contribution in [-0.4, -0.2) is 6.61 Å². The third-order valence-electron chi connectivity index (χ3n) is 6.90. The number of rotatable bonds is 14. The summed E-state index contributed by atoms with van der Waals surface area (Å²) in [5.41, 5.74) is 3.91. The van der Waals surface area contributed by atoms with Gasteiger partial charge < -0.3 is 4.74 Å². The molecular formula is C31H40F2O. The van der Waals surface area contributed by atoms with Gasteiger partial charge in [-0.2, -0.15) is 4.39 Å². The van der Waals surface area contributed by atoms with Gasteiger partial charge in [0.25, 0.3) is 0 Å². The van der Waals surface area contributed by atoms with Gasteiger partial charge in [-0.1, -0.05) is 81.9 Å². The number of hydrogen-bond acceptors (Lipinski definition) is 1. The molecule has 1 aliphatic rings. The zero-order chi connectivity index (χ0) is 24.2. The van der Waals surface area contributed by atoms with Gasteiger partial charge in [0, 0.05) is 5.56 Å². The van der Waals surface area contributed by atoms with Crippen LogP contribution in [0.25, 0.3) is 5.57 Å². The Hall–Kier alpha value is -2.42. The summed E-state index contributed by atoms with van der Waals surface area (Å²) in [7, 11) is 0. The first-order valence-corrected chi connectivity index (χ1v) is 13.1. The monoisotopic (exact) mass is 466 g/mol. The molecule has 184 valence electrons. The fourth-order valence-electron chi connectivity index (χ4n) is 4.74. The van der Waals surface area contributed by atoms with E-state index in [4.69, 9.17) is 4.74 Å². The van der Waals surface area contributed by atoms with Crippen molar-refractivity contribution >= 4 is 5.57 Å². The van der Waals surface area contributed by atoms with Gasteiger partial charge in [0.05, 0.1) is 6.61 Å². The van der Waals surface area contributed by atoms with Gasteiger partial charge in [0.15, 0.2) is 11.6 Å². The topological polar surface area (TPSA) is 9.23 Å². The Bertz CT molecular complexity index is 929. The molecule has 1 aliphatic carbocycles. The summed E-state index contributed by atoms with van der Waals surface area (Å²) < 4.78 is 35.1. The molecule has 0 fully saturated rings. The Balaban J connectivity index is 1.51. The molecule has 0 saturated heterocycles. The second kappa shape index (κ2) is 14.1. The zero-order valence-corrected chi connectivity index (χ0v) is 20.8. The van der Waals surface area contributed by atoms with Crippen molar-refractivity contribution < 1.29 is 13.5 Å². The van der Waals surface area contributed by atoms with Gasteiger partial charge >= 0.3 is 0 Å². The molecule has 0 radical (unpaired) electrons. The van der Waals surface area contributed by atoms with Crippen molar-refractivity contribution in [2.24, 2.45) is 0 Å². The first-order valence-electron chi connectivity index (χ1n) is 13.1. The van der Waals surface area contributed by atoms with E-state index < -0.39 is 11.6 Å². The lowest BCUT2D eigenvalue weighted by molar-refractivity contribution is 0.284. The van der Waals surface area contributed by atoms with Gasteiger partial charge in [-0.3, -0.25) is 0 Å². The minimum atomic E-state index is -0.862. The van der Waals surface area contributed by atoms with Gasteiger partial charge in [-0.05, 0) is 73.3 Å². The first kappa shape index (κ1) is 26.2. The molecule has 1 unspecified atom stereocenters. The number of aryl methyl sites for hydroxylation is 1. The summed E-state index contributed by atoms with van der Waals surface area (Å²) >= 11 is 0. The molecule has 1 atom stereocenters. The highest BCUT2D eigenvalue weighted by atomic mass is 19.2. The molecule has 0 N–H and O–H groups in total. The highest BCUT2D eigenvalue weighted by Gasteiger charge is 2.22. The average molecular weight is 467 g/mol. The summed E-state index contributed by atoms with van der Waals surface area (Å²) in [5.74, 6) is -1.19. The van der Waals surface area contributed by atoms with Crippen LogP contribution >= 0.6 is 0 Å². The van der Waals surface area contributed by atoms with Crippen LogP contribution in [0.4, 0.5) is 8.78 Å². The lowest BCUT2D eigenvalue weighted by Crippen LogP contribution is -2.07. The largest absolute Gasteiger partial charge is 0.490 e. The van der Waals surface area contributed by atoms with Gasteiger partial charge in [-0.15, -0.1) is 6.58 Å². The highest BCUT2D eigenvalue weighted by Crippen LogP contribution is 2.38. The fourth-order valence-corrected chi connectivity index (χ4v) is 4.74. The number of benzene rings is 2. The highest BCUT2D eigenvalue weighted by molar-refractivity contribution is 5.68. The maximum Gasteiger partial charge on any atom is 0.201 e. The Morgan fingerprint density at radius 3 is 2.35 bits per heavy atom. The van der Waals surface area contributed by atoms with E-state index in [0.717, 1.165) is 50.5 Å². The van der Waals surface area contributed by atoms with Crippen LogP contribution in [0.5, 0.6) is 5.75 Å². The summed E-state index contributed by atoms with van der Waals surface area (Å²) in [5, 5.41) is 0. The molecule has 0 aromatic heterocycles. The van der Waals surface area contributed by atoms with Crippen LogP contribution < -0.4 is 4.74 Å². The van der Waals surface area contributed by atoms with Crippen LogP contribution in [0.1, 0.15) is 100 Å². The lowest BCUT2D eigenvalue weighted by atomic mass is 9.82. The van der Waals surface area contributed by atoms with E-state index in [9.17, 15) is 8.78 Å². The maximum atomic E-state index is 14.9. The lowest BCUT2D eigenvalue weighted by Gasteiger charge is -2.23. The number of allylic oxidation sites excluding steroid dienone is 3. The SMILES string of the molecule is C=CCCc1ccc(C2CC=C(c3ccc(OCCCCCCCCC)c(F)c3F)CC2)cc1. The van der Waals surface area contributed by atoms with Crippen molar-refractivity contribution in [1.29, 1.82) is 0 Å². The molecule has 3 rings (SSSR count). The number of unbranched alkanes of at least 4 members (excludes halogenated alkanes) is 6. The zero-order valence-electron chi connectivity index (χ0n) is 20.8. The van der Waals surface area contributed by atoms with Crippen molar-refractivity contribution in [3.8, 4) is 5.75 Å². The summed E-state index contributed by atoms with van der Waals surface area (Å²) in [4.78, 5) is 0. The van der Waals surface area contributed by atoms with Crippen molar-refractivity contribution in [3.05, 3.63) is 83.5 Å². The maximum absolute atomic E-state index is 14.9. The molecule has 2 aromatic carbocycles.